The molecule has 0 aliphatic heterocycles. The van der Waals surface area contributed by atoms with Gasteiger partial charge in [-0.2, -0.15) is 0 Å². The maximum atomic E-state index is 8.67. The van der Waals surface area contributed by atoms with Crippen molar-refractivity contribution in [1.29, 1.82) is 0 Å². The molecule has 1 unspecified atom stereocenters. The Morgan fingerprint density at radius 1 is 1.30 bits per heavy atom. The minimum atomic E-state index is -0.984. The van der Waals surface area contributed by atoms with Crippen molar-refractivity contribution in [1.82, 2.24) is 5.73 Å². The molecule has 1 rings (SSSR count). The maximum absolute atomic E-state index is 8.67. The highest BCUT2D eigenvalue weighted by atomic mass is 16.3. The Kier molecular flexibility index (Phi) is 2.42. The molecule has 2 N–H and O–H groups in total. The van der Waals surface area contributed by atoms with Crippen LogP contribution < -0.4 is 5.73 Å². The van der Waals surface area contributed by atoms with E-state index < -0.39 is 6.23 Å². The molecule has 0 saturated carbocycles. The number of aliphatic hydroxyl groups excluding tert-OH is 1. The number of hydrogen-bond acceptors (Lipinski definition) is 1. The van der Waals surface area contributed by atoms with Gasteiger partial charge in [0.15, 0.2) is 0 Å². The summed E-state index contributed by atoms with van der Waals surface area (Å²) in [5.41, 5.74) is 7.88. The molecule has 0 amide bonds. The lowest BCUT2D eigenvalue weighted by molar-refractivity contribution is 0.175. The molecule has 1 radical (unpaired) electrons. The van der Waals surface area contributed by atoms with Gasteiger partial charge in [-0.3, -0.25) is 0 Å². The van der Waals surface area contributed by atoms with E-state index in [-0.39, 0.29) is 0 Å². The summed E-state index contributed by atoms with van der Waals surface area (Å²) in [5, 5.41) is 8.67. The van der Waals surface area contributed by atoms with Crippen LogP contribution in [0, 0.1) is 0 Å². The van der Waals surface area contributed by atoms with E-state index in [0.717, 1.165) is 5.56 Å². The molecule has 0 heterocycles. The van der Waals surface area contributed by atoms with Gasteiger partial charge in [0.05, 0.1) is 0 Å². The smallest absolute Gasteiger partial charge is 0.121 e. The van der Waals surface area contributed by atoms with E-state index in [9.17, 15) is 0 Å². The summed E-state index contributed by atoms with van der Waals surface area (Å²) in [6.45, 7) is 0. The molecule has 0 spiro atoms. The first-order valence-electron chi connectivity index (χ1n) is 3.22. The van der Waals surface area contributed by atoms with Gasteiger partial charge in [0.25, 0.3) is 0 Å². The number of hydrogen-bond donors (Lipinski definition) is 1. The largest absolute Gasteiger partial charge is 0.377 e. The zero-order valence-electron chi connectivity index (χ0n) is 5.62. The fourth-order valence-electron chi connectivity index (χ4n) is 0.837. The molecule has 53 valence electrons. The first-order valence-corrected chi connectivity index (χ1v) is 3.22. The van der Waals surface area contributed by atoms with Crippen molar-refractivity contribution >= 4 is 0 Å². The van der Waals surface area contributed by atoms with E-state index in [0.29, 0.717) is 6.42 Å². The van der Waals surface area contributed by atoms with Crippen LogP contribution in [0.15, 0.2) is 30.3 Å². The number of aliphatic hydroxyl groups is 1. The average molecular weight is 136 g/mol. The third kappa shape index (κ3) is 2.17. The molecule has 0 fully saturated rings. The molecule has 10 heavy (non-hydrogen) atoms. The van der Waals surface area contributed by atoms with Crippen molar-refractivity contribution in [3.8, 4) is 0 Å². The zero-order valence-corrected chi connectivity index (χ0v) is 5.62. The molecule has 1 aromatic carbocycles. The predicted molar refractivity (Wildman–Crippen MR) is 39.2 cm³/mol. The molecule has 2 heteroatoms. The second-order valence-electron chi connectivity index (χ2n) is 2.21. The Balaban J connectivity index is 2.59. The van der Waals surface area contributed by atoms with Crippen LogP contribution in [0.1, 0.15) is 5.56 Å². The van der Waals surface area contributed by atoms with Crippen LogP contribution in [0.5, 0.6) is 0 Å². The fraction of sp³-hybridized carbons (Fsp3) is 0.250. The van der Waals surface area contributed by atoms with Crippen molar-refractivity contribution in [2.24, 2.45) is 0 Å². The maximum Gasteiger partial charge on any atom is 0.121 e. The number of benzene rings is 1. The first-order chi connectivity index (χ1) is 4.79. The van der Waals surface area contributed by atoms with E-state index in [1.54, 1.807) is 0 Å². The second-order valence-corrected chi connectivity index (χ2v) is 2.21. The zero-order chi connectivity index (χ0) is 7.40. The third-order valence-corrected chi connectivity index (χ3v) is 1.27. The third-order valence-electron chi connectivity index (χ3n) is 1.27. The number of rotatable bonds is 2. The molecule has 1 atom stereocenters. The molecule has 2 nitrogen and oxygen atoms in total. The summed E-state index contributed by atoms with van der Waals surface area (Å²) in [5.74, 6) is 0. The monoisotopic (exact) mass is 136 g/mol. The van der Waals surface area contributed by atoms with Gasteiger partial charge in [-0.1, -0.05) is 30.3 Å². The van der Waals surface area contributed by atoms with E-state index in [4.69, 9.17) is 10.8 Å². The van der Waals surface area contributed by atoms with Gasteiger partial charge in [-0.05, 0) is 5.56 Å². The fourth-order valence-corrected chi connectivity index (χ4v) is 0.837. The molecule has 0 bridgehead atoms. The van der Waals surface area contributed by atoms with Crippen LogP contribution in [0.4, 0.5) is 0 Å². The van der Waals surface area contributed by atoms with Crippen LogP contribution in [-0.4, -0.2) is 11.3 Å². The quantitative estimate of drug-likeness (QED) is 0.643. The highest BCUT2D eigenvalue weighted by Gasteiger charge is 1.96. The van der Waals surface area contributed by atoms with E-state index in [1.165, 1.54) is 0 Å². The summed E-state index contributed by atoms with van der Waals surface area (Å²) < 4.78 is 0. The normalized spacial score (nSPS) is 13.0. The lowest BCUT2D eigenvalue weighted by Gasteiger charge is -2.01. The average Bonchev–Trinajstić information content (AvgIpc) is 1.88. The Bertz CT molecular complexity index is 184. The topological polar surface area (TPSA) is 44.0 Å². The Morgan fingerprint density at radius 3 is 2.40 bits per heavy atom. The molecule has 1 aromatic rings. The summed E-state index contributed by atoms with van der Waals surface area (Å²) in [6, 6.07) is 9.52. The van der Waals surface area contributed by atoms with Crippen LogP contribution in [-0.2, 0) is 6.42 Å². The lowest BCUT2D eigenvalue weighted by atomic mass is 10.1. The molecular weight excluding hydrogens is 126 g/mol. The van der Waals surface area contributed by atoms with Crippen molar-refractivity contribution in [3.63, 3.8) is 0 Å². The minimum absolute atomic E-state index is 0.418. The summed E-state index contributed by atoms with van der Waals surface area (Å²) in [6.07, 6.45) is -0.566. The van der Waals surface area contributed by atoms with Gasteiger partial charge >= 0.3 is 0 Å². The van der Waals surface area contributed by atoms with Gasteiger partial charge < -0.3 is 5.11 Å². The highest BCUT2D eigenvalue weighted by Crippen LogP contribution is 2.00. The predicted octanol–water partition coefficient (Wildman–Crippen LogP) is 0.830. The van der Waals surface area contributed by atoms with Crippen LogP contribution >= 0.6 is 0 Å². The van der Waals surface area contributed by atoms with Gasteiger partial charge in [-0.25, -0.2) is 5.73 Å². The SMILES string of the molecule is [NH]C(O)Cc1ccccc1. The van der Waals surface area contributed by atoms with Crippen molar-refractivity contribution < 1.29 is 5.11 Å². The molecule has 0 aliphatic carbocycles. The Morgan fingerprint density at radius 2 is 1.90 bits per heavy atom. The first kappa shape index (κ1) is 7.25. The standard InChI is InChI=1S/C8H10NO/c9-8(10)6-7-4-2-1-3-5-7/h1-5,8-10H,6H2. The van der Waals surface area contributed by atoms with E-state index >= 15 is 0 Å². The Hall–Kier alpha value is -0.860. The summed E-state index contributed by atoms with van der Waals surface area (Å²) >= 11 is 0. The van der Waals surface area contributed by atoms with Gasteiger partial charge in [0, 0.05) is 6.42 Å². The van der Waals surface area contributed by atoms with Gasteiger partial charge in [0.1, 0.15) is 6.23 Å². The molecule has 0 aromatic heterocycles. The molecule has 0 saturated heterocycles. The lowest BCUT2D eigenvalue weighted by Crippen LogP contribution is -2.10. The summed E-state index contributed by atoms with van der Waals surface area (Å²) in [7, 11) is 0. The van der Waals surface area contributed by atoms with Crippen LogP contribution in [0.2, 0.25) is 0 Å². The van der Waals surface area contributed by atoms with Crippen LogP contribution in [0.25, 0.3) is 0 Å². The van der Waals surface area contributed by atoms with E-state index in [2.05, 4.69) is 0 Å². The van der Waals surface area contributed by atoms with E-state index in [1.807, 2.05) is 30.3 Å². The van der Waals surface area contributed by atoms with Crippen molar-refractivity contribution in [3.05, 3.63) is 35.9 Å². The highest BCUT2D eigenvalue weighted by molar-refractivity contribution is 5.14. The molecular formula is C8H10NO. The van der Waals surface area contributed by atoms with Gasteiger partial charge in [0.2, 0.25) is 0 Å². The van der Waals surface area contributed by atoms with Crippen molar-refractivity contribution in [2.45, 2.75) is 12.6 Å². The van der Waals surface area contributed by atoms with Gasteiger partial charge in [-0.15, -0.1) is 0 Å². The van der Waals surface area contributed by atoms with Crippen molar-refractivity contribution in [2.75, 3.05) is 0 Å². The Labute approximate surface area is 60.3 Å². The summed E-state index contributed by atoms with van der Waals surface area (Å²) in [4.78, 5) is 0. The second kappa shape index (κ2) is 3.34. The minimum Gasteiger partial charge on any atom is -0.377 e. The number of nitrogens with one attached hydrogen (secondary N) is 1. The molecule has 0 aliphatic rings. The van der Waals surface area contributed by atoms with Crippen LogP contribution in [0.3, 0.4) is 0 Å².